The molecule has 0 aliphatic heterocycles. The van der Waals surface area contributed by atoms with Gasteiger partial charge in [0.2, 0.25) is 5.91 Å². The molecule has 1 aromatic carbocycles. The van der Waals surface area contributed by atoms with Crippen LogP contribution >= 0.6 is 0 Å². The van der Waals surface area contributed by atoms with Crippen LogP contribution in [0.15, 0.2) is 30.5 Å². The highest BCUT2D eigenvalue weighted by atomic mass is 16.6. The number of aliphatic hydroxyl groups is 1. The Balaban J connectivity index is 1.93. The van der Waals surface area contributed by atoms with Gasteiger partial charge < -0.3 is 35.5 Å². The average molecular weight is 533 g/mol. The molecule has 0 saturated heterocycles. The maximum atomic E-state index is 12.7. The SMILES string of the molecule is CCCCNC(=O)[C@H](C)C[C@H](O)[C@@H](N)C[C@@H](CNC(=O)Oc1cn(CC(C)OC)c2ccccc12)C(C)C. The summed E-state index contributed by atoms with van der Waals surface area (Å²) in [6.45, 7) is 11.6. The van der Waals surface area contributed by atoms with Gasteiger partial charge in [-0.3, -0.25) is 4.79 Å². The number of fused-ring (bicyclic) bond motifs is 1. The molecule has 5 atom stereocenters. The predicted molar refractivity (Wildman–Crippen MR) is 151 cm³/mol. The molecule has 0 aliphatic carbocycles. The number of carbonyl (C=O) groups is 2. The highest BCUT2D eigenvalue weighted by Crippen LogP contribution is 2.28. The third-order valence-corrected chi connectivity index (χ3v) is 7.20. The molecule has 0 saturated carbocycles. The van der Waals surface area contributed by atoms with Crippen molar-refractivity contribution in [3.8, 4) is 5.75 Å². The Morgan fingerprint density at radius 3 is 2.47 bits per heavy atom. The monoisotopic (exact) mass is 532 g/mol. The number of hydrogen-bond donors (Lipinski definition) is 4. The van der Waals surface area contributed by atoms with Crippen molar-refractivity contribution in [2.75, 3.05) is 20.2 Å². The number of amides is 2. The zero-order valence-electron chi connectivity index (χ0n) is 23.9. The maximum Gasteiger partial charge on any atom is 0.412 e. The summed E-state index contributed by atoms with van der Waals surface area (Å²) < 4.78 is 13.1. The van der Waals surface area contributed by atoms with Crippen LogP contribution in [0.2, 0.25) is 0 Å². The van der Waals surface area contributed by atoms with E-state index < -0.39 is 18.2 Å². The lowest BCUT2D eigenvalue weighted by Gasteiger charge is -2.28. The lowest BCUT2D eigenvalue weighted by Crippen LogP contribution is -2.43. The van der Waals surface area contributed by atoms with Crippen LogP contribution in [-0.4, -0.2) is 60.1 Å². The second-order valence-corrected chi connectivity index (χ2v) is 10.7. The Kier molecular flexibility index (Phi) is 13.1. The first kappa shape index (κ1) is 31.6. The van der Waals surface area contributed by atoms with Crippen molar-refractivity contribution in [3.05, 3.63) is 30.5 Å². The summed E-state index contributed by atoms with van der Waals surface area (Å²) in [5, 5.41) is 17.3. The average Bonchev–Trinajstić information content (AvgIpc) is 3.22. The normalized spacial score (nSPS) is 15.6. The van der Waals surface area contributed by atoms with Crippen molar-refractivity contribution < 1.29 is 24.2 Å². The van der Waals surface area contributed by atoms with Crippen LogP contribution < -0.4 is 21.1 Å². The van der Waals surface area contributed by atoms with Gasteiger partial charge in [0.1, 0.15) is 0 Å². The van der Waals surface area contributed by atoms with Crippen LogP contribution in [0.3, 0.4) is 0 Å². The minimum atomic E-state index is -0.809. The molecule has 9 nitrogen and oxygen atoms in total. The topological polar surface area (TPSA) is 128 Å². The first-order valence-electron chi connectivity index (χ1n) is 13.8. The van der Waals surface area contributed by atoms with E-state index in [-0.39, 0.29) is 29.8 Å². The lowest BCUT2D eigenvalue weighted by molar-refractivity contribution is -0.125. The van der Waals surface area contributed by atoms with Crippen molar-refractivity contribution in [2.45, 2.75) is 85.1 Å². The van der Waals surface area contributed by atoms with Crippen LogP contribution in [0, 0.1) is 17.8 Å². The molecule has 5 N–H and O–H groups in total. The number of hydrogen-bond acceptors (Lipinski definition) is 6. The quantitative estimate of drug-likeness (QED) is 0.242. The third kappa shape index (κ3) is 9.60. The Morgan fingerprint density at radius 1 is 1.11 bits per heavy atom. The summed E-state index contributed by atoms with van der Waals surface area (Å²) in [6, 6.07) is 7.26. The molecule has 1 aromatic heterocycles. The van der Waals surface area contributed by atoms with E-state index in [2.05, 4.69) is 31.4 Å². The van der Waals surface area contributed by atoms with Crippen molar-refractivity contribution in [1.29, 1.82) is 0 Å². The highest BCUT2D eigenvalue weighted by molar-refractivity contribution is 5.89. The first-order valence-corrected chi connectivity index (χ1v) is 13.8. The van der Waals surface area contributed by atoms with Crippen LogP contribution in [0.25, 0.3) is 10.9 Å². The summed E-state index contributed by atoms with van der Waals surface area (Å²) >= 11 is 0. The molecule has 9 heteroatoms. The minimum absolute atomic E-state index is 0.0114. The van der Waals surface area contributed by atoms with E-state index in [1.807, 2.05) is 48.9 Å². The van der Waals surface area contributed by atoms with E-state index in [4.69, 9.17) is 15.2 Å². The third-order valence-electron chi connectivity index (χ3n) is 7.20. The number of aliphatic hydroxyl groups excluding tert-OH is 1. The molecular weight excluding hydrogens is 484 g/mol. The Bertz CT molecular complexity index is 1010. The van der Waals surface area contributed by atoms with Crippen molar-refractivity contribution in [1.82, 2.24) is 15.2 Å². The summed E-state index contributed by atoms with van der Waals surface area (Å²) in [5.41, 5.74) is 7.30. The molecule has 2 aromatic rings. The van der Waals surface area contributed by atoms with Gasteiger partial charge in [-0.2, -0.15) is 0 Å². The van der Waals surface area contributed by atoms with Crippen LogP contribution in [0.4, 0.5) is 4.79 Å². The second-order valence-electron chi connectivity index (χ2n) is 10.7. The number of methoxy groups -OCH3 is 1. The van der Waals surface area contributed by atoms with Gasteiger partial charge in [-0.25, -0.2) is 4.79 Å². The molecule has 0 fully saturated rings. The number of rotatable bonds is 16. The summed E-state index contributed by atoms with van der Waals surface area (Å²) in [6.07, 6.45) is 3.24. The van der Waals surface area contributed by atoms with Gasteiger partial charge in [-0.05, 0) is 50.2 Å². The smallest absolute Gasteiger partial charge is 0.408 e. The van der Waals surface area contributed by atoms with Gasteiger partial charge >= 0.3 is 6.09 Å². The second kappa shape index (κ2) is 15.7. The number of nitrogens with two attached hydrogens (primary N) is 1. The number of carbonyl (C=O) groups excluding carboxylic acids is 2. The standard InChI is InChI=1S/C29H48N4O5/c1-7-8-13-31-28(35)20(4)14-26(34)24(30)15-22(19(2)3)16-32-29(36)38-27-18-33(17-21(5)37-6)25-12-10-9-11-23(25)27/h9-12,18-22,24,26,34H,7-8,13-17,30H2,1-6H3,(H,31,35)(H,32,36)/t20-,21?,22+,24+,26+/m1/s1. The maximum absolute atomic E-state index is 12.7. The van der Waals surface area contributed by atoms with Crippen LogP contribution in [0.1, 0.15) is 60.3 Å². The van der Waals surface area contributed by atoms with Crippen molar-refractivity contribution in [3.63, 3.8) is 0 Å². The fourth-order valence-corrected chi connectivity index (χ4v) is 4.45. The molecule has 214 valence electrons. The summed E-state index contributed by atoms with van der Waals surface area (Å²) in [5.74, 6) is 0.353. The number of unbranched alkanes of at least 4 members (excludes halogenated alkanes) is 1. The van der Waals surface area contributed by atoms with Crippen molar-refractivity contribution >= 4 is 22.9 Å². The van der Waals surface area contributed by atoms with Gasteiger partial charge in [0.15, 0.2) is 5.75 Å². The molecule has 38 heavy (non-hydrogen) atoms. The Labute approximate surface area is 227 Å². The zero-order chi connectivity index (χ0) is 28.2. The number of aromatic nitrogens is 1. The predicted octanol–water partition coefficient (Wildman–Crippen LogP) is 4.06. The highest BCUT2D eigenvalue weighted by Gasteiger charge is 2.26. The summed E-state index contributed by atoms with van der Waals surface area (Å²) in [4.78, 5) is 25.0. The molecule has 1 unspecified atom stereocenters. The summed E-state index contributed by atoms with van der Waals surface area (Å²) in [7, 11) is 1.67. The molecular formula is C29H48N4O5. The Morgan fingerprint density at radius 2 is 1.82 bits per heavy atom. The van der Waals surface area contributed by atoms with E-state index >= 15 is 0 Å². The van der Waals surface area contributed by atoms with Gasteiger partial charge in [-0.1, -0.05) is 46.2 Å². The van der Waals surface area contributed by atoms with E-state index in [9.17, 15) is 14.7 Å². The zero-order valence-corrected chi connectivity index (χ0v) is 23.9. The minimum Gasteiger partial charge on any atom is -0.408 e. The molecule has 2 rings (SSSR count). The largest absolute Gasteiger partial charge is 0.412 e. The molecule has 1 heterocycles. The molecule has 0 spiro atoms. The van der Waals surface area contributed by atoms with Gasteiger partial charge in [0, 0.05) is 50.3 Å². The van der Waals surface area contributed by atoms with Gasteiger partial charge in [0.25, 0.3) is 0 Å². The lowest BCUT2D eigenvalue weighted by atomic mass is 9.86. The van der Waals surface area contributed by atoms with Gasteiger partial charge in [-0.15, -0.1) is 0 Å². The Hall–Kier alpha value is -2.62. The number of nitrogens with one attached hydrogen (secondary N) is 2. The van der Waals surface area contributed by atoms with Crippen LogP contribution in [-0.2, 0) is 16.1 Å². The number of benzene rings is 1. The van der Waals surface area contributed by atoms with E-state index in [0.29, 0.717) is 38.2 Å². The number of ether oxygens (including phenoxy) is 2. The number of nitrogens with zero attached hydrogens (tertiary/aromatic N) is 1. The molecule has 0 radical (unpaired) electrons. The van der Waals surface area contributed by atoms with Crippen LogP contribution in [0.5, 0.6) is 5.75 Å². The van der Waals surface area contributed by atoms with Gasteiger partial charge in [0.05, 0.1) is 17.7 Å². The van der Waals surface area contributed by atoms with E-state index in [1.165, 1.54) is 0 Å². The van der Waals surface area contributed by atoms with E-state index in [1.54, 1.807) is 7.11 Å². The van der Waals surface area contributed by atoms with Crippen molar-refractivity contribution in [2.24, 2.45) is 23.5 Å². The molecule has 0 aliphatic rings. The van der Waals surface area contributed by atoms with E-state index in [0.717, 1.165) is 23.7 Å². The molecule has 2 amide bonds. The first-order chi connectivity index (χ1) is 18.1. The fraction of sp³-hybridized carbons (Fsp3) is 0.655. The number of para-hydroxylation sites is 1. The molecule has 0 bridgehead atoms. The fourth-order valence-electron chi connectivity index (χ4n) is 4.45.